The summed E-state index contributed by atoms with van der Waals surface area (Å²) in [7, 11) is 0. The zero-order chi connectivity index (χ0) is 15.5. The van der Waals surface area contributed by atoms with Gasteiger partial charge in [0.15, 0.2) is 0 Å². The molecule has 118 valence electrons. The zero-order valence-corrected chi connectivity index (χ0v) is 12.9. The fraction of sp³-hybridized carbons (Fsp3) is 0.571. The number of nitrogens with one attached hydrogen (secondary N) is 1. The lowest BCUT2D eigenvalue weighted by atomic mass is 9.99. The van der Waals surface area contributed by atoms with Crippen molar-refractivity contribution in [2.45, 2.75) is 25.1 Å². The summed E-state index contributed by atoms with van der Waals surface area (Å²) in [6.07, 6.45) is -5.01. The Labute approximate surface area is 132 Å². The van der Waals surface area contributed by atoms with Crippen molar-refractivity contribution < 1.29 is 13.2 Å². The molecule has 0 saturated carbocycles. The Balaban J connectivity index is 2.23. The molecule has 2 nitrogen and oxygen atoms in total. The second-order valence-electron chi connectivity index (χ2n) is 5.12. The highest BCUT2D eigenvalue weighted by molar-refractivity contribution is 6.33. The quantitative estimate of drug-likeness (QED) is 0.879. The number of hydrogen-bond donors (Lipinski definition) is 1. The molecule has 0 unspecified atom stereocenters. The number of hydrogen-bond acceptors (Lipinski definition) is 2. The van der Waals surface area contributed by atoms with E-state index in [1.807, 2.05) is 4.90 Å². The van der Waals surface area contributed by atoms with Gasteiger partial charge in [-0.05, 0) is 30.2 Å². The highest BCUT2D eigenvalue weighted by atomic mass is 35.5. The standard InChI is InChI=1S/C14H17Cl2F3N2/c15-10-1-2-12(16)11(9-10)13(3-4-14(17,18)19)21-7-5-20-6-8-21/h1-2,9,13,20H,3-8H2/t13-/m1/s1. The van der Waals surface area contributed by atoms with Crippen LogP contribution in [0.3, 0.4) is 0 Å². The summed E-state index contributed by atoms with van der Waals surface area (Å²) in [4.78, 5) is 2.04. The summed E-state index contributed by atoms with van der Waals surface area (Å²) in [6.45, 7) is 2.93. The second-order valence-corrected chi connectivity index (χ2v) is 5.97. The first-order chi connectivity index (χ1) is 9.87. The smallest absolute Gasteiger partial charge is 0.314 e. The van der Waals surface area contributed by atoms with Crippen molar-refractivity contribution in [2.75, 3.05) is 26.2 Å². The fourth-order valence-electron chi connectivity index (χ4n) is 2.60. The lowest BCUT2D eigenvalue weighted by Crippen LogP contribution is -2.45. The number of piperazine rings is 1. The lowest BCUT2D eigenvalue weighted by molar-refractivity contribution is -0.138. The molecule has 0 aromatic heterocycles. The highest BCUT2D eigenvalue weighted by Gasteiger charge is 2.32. The summed E-state index contributed by atoms with van der Waals surface area (Å²) >= 11 is 12.2. The molecule has 1 heterocycles. The average Bonchev–Trinajstić information content (AvgIpc) is 2.43. The Hall–Kier alpha value is -0.490. The molecule has 1 aliphatic rings. The van der Waals surface area contributed by atoms with Gasteiger partial charge in [-0.15, -0.1) is 0 Å². The van der Waals surface area contributed by atoms with Crippen molar-refractivity contribution in [1.29, 1.82) is 0 Å². The number of rotatable bonds is 4. The van der Waals surface area contributed by atoms with E-state index in [1.165, 1.54) is 0 Å². The minimum Gasteiger partial charge on any atom is -0.314 e. The Morgan fingerprint density at radius 2 is 1.86 bits per heavy atom. The first kappa shape index (κ1) is 16.9. The molecule has 0 amide bonds. The van der Waals surface area contributed by atoms with Gasteiger partial charge in [0, 0.05) is 48.7 Å². The number of halogens is 5. The minimum atomic E-state index is -4.17. The number of benzene rings is 1. The second kappa shape index (κ2) is 7.18. The van der Waals surface area contributed by atoms with Crippen LogP contribution in [0.5, 0.6) is 0 Å². The Morgan fingerprint density at radius 3 is 2.48 bits per heavy atom. The van der Waals surface area contributed by atoms with E-state index in [-0.39, 0.29) is 12.5 Å². The van der Waals surface area contributed by atoms with Crippen LogP contribution in [0.25, 0.3) is 0 Å². The van der Waals surface area contributed by atoms with Crippen LogP contribution in [0.15, 0.2) is 18.2 Å². The first-order valence-electron chi connectivity index (χ1n) is 6.83. The topological polar surface area (TPSA) is 15.3 Å². The maximum absolute atomic E-state index is 12.6. The van der Waals surface area contributed by atoms with Crippen molar-refractivity contribution >= 4 is 23.2 Å². The highest BCUT2D eigenvalue weighted by Crippen LogP contribution is 2.36. The van der Waals surface area contributed by atoms with Crippen molar-refractivity contribution in [3.8, 4) is 0 Å². The van der Waals surface area contributed by atoms with Crippen LogP contribution < -0.4 is 5.32 Å². The third-order valence-corrected chi connectivity index (χ3v) is 4.19. The molecule has 1 fully saturated rings. The Bertz CT molecular complexity index is 474. The predicted octanol–water partition coefficient (Wildman–Crippen LogP) is 4.28. The molecular weight excluding hydrogens is 324 g/mol. The zero-order valence-electron chi connectivity index (χ0n) is 11.4. The molecule has 0 spiro atoms. The average molecular weight is 341 g/mol. The molecule has 2 rings (SSSR count). The molecule has 1 saturated heterocycles. The Morgan fingerprint density at radius 1 is 1.19 bits per heavy atom. The summed E-state index contributed by atoms with van der Waals surface area (Å²) in [5.41, 5.74) is 0.676. The summed E-state index contributed by atoms with van der Waals surface area (Å²) in [6, 6.07) is 4.60. The van der Waals surface area contributed by atoms with Crippen LogP contribution in [-0.4, -0.2) is 37.3 Å². The van der Waals surface area contributed by atoms with Gasteiger partial charge in [0.25, 0.3) is 0 Å². The van der Waals surface area contributed by atoms with E-state index in [1.54, 1.807) is 18.2 Å². The first-order valence-corrected chi connectivity index (χ1v) is 7.59. The molecule has 0 aliphatic carbocycles. The molecule has 1 aliphatic heterocycles. The van der Waals surface area contributed by atoms with Crippen molar-refractivity contribution in [1.82, 2.24) is 10.2 Å². The van der Waals surface area contributed by atoms with E-state index in [4.69, 9.17) is 23.2 Å². The van der Waals surface area contributed by atoms with E-state index in [2.05, 4.69) is 5.32 Å². The molecule has 0 bridgehead atoms. The fourth-order valence-corrected chi connectivity index (χ4v) is 3.02. The summed E-state index contributed by atoms with van der Waals surface area (Å²) in [5, 5.41) is 4.15. The SMILES string of the molecule is FC(F)(F)CC[C@H](c1cc(Cl)ccc1Cl)N1CCNCC1. The van der Waals surface area contributed by atoms with Gasteiger partial charge in [-0.25, -0.2) is 0 Å². The van der Waals surface area contributed by atoms with E-state index < -0.39 is 12.6 Å². The van der Waals surface area contributed by atoms with E-state index in [0.29, 0.717) is 28.7 Å². The van der Waals surface area contributed by atoms with Gasteiger partial charge in [0.05, 0.1) is 0 Å². The molecule has 1 N–H and O–H groups in total. The predicted molar refractivity (Wildman–Crippen MR) is 78.9 cm³/mol. The monoisotopic (exact) mass is 340 g/mol. The van der Waals surface area contributed by atoms with Gasteiger partial charge >= 0.3 is 6.18 Å². The molecule has 0 radical (unpaired) electrons. The van der Waals surface area contributed by atoms with E-state index in [9.17, 15) is 13.2 Å². The van der Waals surface area contributed by atoms with Gasteiger partial charge < -0.3 is 5.32 Å². The third kappa shape index (κ3) is 5.02. The van der Waals surface area contributed by atoms with E-state index >= 15 is 0 Å². The molecule has 7 heteroatoms. The van der Waals surface area contributed by atoms with Crippen LogP contribution >= 0.6 is 23.2 Å². The summed E-state index contributed by atoms with van der Waals surface area (Å²) in [5.74, 6) is 0. The van der Waals surface area contributed by atoms with Crippen LogP contribution in [0.1, 0.15) is 24.4 Å². The van der Waals surface area contributed by atoms with E-state index in [0.717, 1.165) is 13.1 Å². The third-order valence-electron chi connectivity index (χ3n) is 3.61. The summed E-state index contributed by atoms with van der Waals surface area (Å²) < 4.78 is 37.8. The van der Waals surface area contributed by atoms with Crippen molar-refractivity contribution in [2.24, 2.45) is 0 Å². The minimum absolute atomic E-state index is 0.0104. The molecule has 1 aromatic rings. The maximum atomic E-state index is 12.6. The van der Waals surface area contributed by atoms with Crippen LogP contribution in [0, 0.1) is 0 Å². The largest absolute Gasteiger partial charge is 0.389 e. The Kier molecular flexibility index (Phi) is 5.77. The van der Waals surface area contributed by atoms with Gasteiger partial charge in [0.2, 0.25) is 0 Å². The van der Waals surface area contributed by atoms with Crippen LogP contribution in [-0.2, 0) is 0 Å². The lowest BCUT2D eigenvalue weighted by Gasteiger charge is -2.36. The van der Waals surface area contributed by atoms with Crippen LogP contribution in [0.4, 0.5) is 13.2 Å². The van der Waals surface area contributed by atoms with Gasteiger partial charge in [-0.3, -0.25) is 4.90 Å². The van der Waals surface area contributed by atoms with Gasteiger partial charge in [0.1, 0.15) is 0 Å². The van der Waals surface area contributed by atoms with Crippen molar-refractivity contribution in [3.05, 3.63) is 33.8 Å². The molecular formula is C14H17Cl2F3N2. The molecule has 1 aromatic carbocycles. The van der Waals surface area contributed by atoms with Gasteiger partial charge in [-0.2, -0.15) is 13.2 Å². The number of alkyl halides is 3. The molecule has 1 atom stereocenters. The van der Waals surface area contributed by atoms with Crippen molar-refractivity contribution in [3.63, 3.8) is 0 Å². The van der Waals surface area contributed by atoms with Crippen LogP contribution in [0.2, 0.25) is 10.0 Å². The normalized spacial score (nSPS) is 18.7. The van der Waals surface area contributed by atoms with Gasteiger partial charge in [-0.1, -0.05) is 23.2 Å². The maximum Gasteiger partial charge on any atom is 0.389 e. The molecule has 21 heavy (non-hydrogen) atoms. The number of nitrogens with zero attached hydrogens (tertiary/aromatic N) is 1.